The van der Waals surface area contributed by atoms with E-state index in [4.69, 9.17) is 4.74 Å². The quantitative estimate of drug-likeness (QED) is 0.751. The van der Waals surface area contributed by atoms with Crippen LogP contribution in [0, 0.1) is 20.8 Å². The largest absolute Gasteiger partial charge is 0.480 e. The Balaban J connectivity index is 1.75. The van der Waals surface area contributed by atoms with E-state index in [-0.39, 0.29) is 6.03 Å². The van der Waals surface area contributed by atoms with Crippen LogP contribution >= 0.6 is 0 Å². The minimum Gasteiger partial charge on any atom is -0.480 e. The third kappa shape index (κ3) is 4.42. The lowest BCUT2D eigenvalue weighted by Crippen LogP contribution is -2.52. The van der Waals surface area contributed by atoms with E-state index in [0.29, 0.717) is 24.7 Å². The number of ether oxygens (including phenoxy) is 1. The zero-order valence-corrected chi connectivity index (χ0v) is 19.0. The lowest BCUT2D eigenvalue weighted by Gasteiger charge is -2.38. The summed E-state index contributed by atoms with van der Waals surface area (Å²) in [7, 11) is 3.35. The fraction of sp³-hybridized carbons (Fsp3) is 0.417. The Bertz CT molecular complexity index is 942. The van der Waals surface area contributed by atoms with Crippen LogP contribution in [0.1, 0.15) is 29.3 Å². The average Bonchev–Trinajstić information content (AvgIpc) is 2.71. The van der Waals surface area contributed by atoms with Gasteiger partial charge in [0, 0.05) is 50.2 Å². The molecule has 0 N–H and O–H groups in total. The zero-order chi connectivity index (χ0) is 22.0. The third-order valence-electron chi connectivity index (χ3n) is 5.58. The normalized spacial score (nSPS) is 13.9. The van der Waals surface area contributed by atoms with Crippen molar-refractivity contribution in [1.82, 2.24) is 9.88 Å². The molecule has 1 aliphatic rings. The van der Waals surface area contributed by atoms with Crippen LogP contribution < -0.4 is 14.5 Å². The highest BCUT2D eigenvalue weighted by atomic mass is 16.5. The number of hydrogen-bond donors (Lipinski definition) is 0. The maximum Gasteiger partial charge on any atom is 0.324 e. The van der Waals surface area contributed by atoms with Crippen LogP contribution in [0.25, 0.3) is 5.57 Å². The molecule has 3 rings (SSSR count). The summed E-state index contributed by atoms with van der Waals surface area (Å²) >= 11 is 0. The van der Waals surface area contributed by atoms with Crippen molar-refractivity contribution in [3.05, 3.63) is 53.2 Å². The zero-order valence-electron chi connectivity index (χ0n) is 19.0. The number of allylic oxidation sites excluding steroid dienone is 1. The van der Waals surface area contributed by atoms with Gasteiger partial charge in [-0.2, -0.15) is 0 Å². The van der Waals surface area contributed by atoms with Gasteiger partial charge in [-0.25, -0.2) is 9.78 Å². The Morgan fingerprint density at radius 2 is 1.67 bits per heavy atom. The van der Waals surface area contributed by atoms with E-state index in [1.165, 1.54) is 16.8 Å². The highest BCUT2D eigenvalue weighted by molar-refractivity contribution is 5.93. The van der Waals surface area contributed by atoms with Gasteiger partial charge in [-0.05, 0) is 62.6 Å². The number of carbonyl (C=O) groups excluding carboxylic acids is 1. The molecule has 1 aromatic heterocycles. The van der Waals surface area contributed by atoms with Crippen molar-refractivity contribution >= 4 is 23.0 Å². The number of aryl methyl sites for hydroxylation is 3. The molecule has 2 aromatic rings. The number of benzene rings is 1. The van der Waals surface area contributed by atoms with Gasteiger partial charge in [-0.1, -0.05) is 12.6 Å². The third-order valence-corrected chi connectivity index (χ3v) is 5.58. The number of amides is 2. The average molecular weight is 409 g/mol. The van der Waals surface area contributed by atoms with Gasteiger partial charge >= 0.3 is 6.03 Å². The van der Waals surface area contributed by atoms with Crippen LogP contribution in [-0.2, 0) is 0 Å². The maximum absolute atomic E-state index is 13.2. The molecule has 2 amide bonds. The maximum atomic E-state index is 13.2. The van der Waals surface area contributed by atoms with Crippen LogP contribution in [0.15, 0.2) is 30.8 Å². The van der Waals surface area contributed by atoms with Crippen molar-refractivity contribution < 1.29 is 9.53 Å². The first kappa shape index (κ1) is 21.7. The van der Waals surface area contributed by atoms with Gasteiger partial charge in [-0.15, -0.1) is 0 Å². The molecule has 1 fully saturated rings. The van der Waals surface area contributed by atoms with Crippen molar-refractivity contribution in [2.75, 3.05) is 50.1 Å². The second kappa shape index (κ2) is 8.78. The van der Waals surface area contributed by atoms with Gasteiger partial charge in [0.2, 0.25) is 5.88 Å². The Labute approximate surface area is 179 Å². The molecule has 0 atom stereocenters. The number of aromatic nitrogens is 1. The van der Waals surface area contributed by atoms with Gasteiger partial charge in [0.15, 0.2) is 0 Å². The number of piperazine rings is 1. The standard InChI is InChI=1S/C24H32N4O2/c1-16(2)21-15-22(23(30-7)25-19(21)5)26(6)24(29)28-10-8-27(9-11-28)20-13-17(3)12-18(4)14-20/h12-15H,1,8-11H2,2-7H3. The molecule has 0 radical (unpaired) electrons. The van der Waals surface area contributed by atoms with E-state index in [2.05, 4.69) is 48.5 Å². The molecule has 1 aromatic carbocycles. The smallest absolute Gasteiger partial charge is 0.324 e. The molecule has 6 heteroatoms. The number of carbonyl (C=O) groups is 1. The van der Waals surface area contributed by atoms with Crippen molar-refractivity contribution in [2.45, 2.75) is 27.7 Å². The number of hydrogen-bond acceptors (Lipinski definition) is 4. The molecule has 30 heavy (non-hydrogen) atoms. The number of pyridine rings is 1. The topological polar surface area (TPSA) is 48.9 Å². The van der Waals surface area contributed by atoms with E-state index in [1.807, 2.05) is 24.8 Å². The highest BCUT2D eigenvalue weighted by Crippen LogP contribution is 2.31. The first-order chi connectivity index (χ1) is 14.2. The Hall–Kier alpha value is -3.02. The van der Waals surface area contributed by atoms with E-state index in [1.54, 1.807) is 19.1 Å². The summed E-state index contributed by atoms with van der Waals surface area (Å²) in [6.45, 7) is 15.1. The summed E-state index contributed by atoms with van der Waals surface area (Å²) in [5.41, 5.74) is 7.08. The van der Waals surface area contributed by atoms with Crippen LogP contribution in [0.4, 0.5) is 16.2 Å². The minimum absolute atomic E-state index is 0.0494. The summed E-state index contributed by atoms with van der Waals surface area (Å²) in [4.78, 5) is 23.6. The Kier molecular flexibility index (Phi) is 6.34. The fourth-order valence-corrected chi connectivity index (χ4v) is 4.00. The first-order valence-corrected chi connectivity index (χ1v) is 10.3. The molecule has 1 aliphatic heterocycles. The summed E-state index contributed by atoms with van der Waals surface area (Å²) in [6, 6.07) is 8.48. The number of anilines is 2. The summed E-state index contributed by atoms with van der Waals surface area (Å²) in [5.74, 6) is 0.447. The Morgan fingerprint density at radius 1 is 1.07 bits per heavy atom. The van der Waals surface area contributed by atoms with Crippen LogP contribution in [0.3, 0.4) is 0 Å². The highest BCUT2D eigenvalue weighted by Gasteiger charge is 2.27. The summed E-state index contributed by atoms with van der Waals surface area (Å²) < 4.78 is 5.46. The lowest BCUT2D eigenvalue weighted by molar-refractivity contribution is 0.202. The fourth-order valence-electron chi connectivity index (χ4n) is 4.00. The summed E-state index contributed by atoms with van der Waals surface area (Å²) in [6.07, 6.45) is 0. The van der Waals surface area contributed by atoms with Crippen LogP contribution in [0.2, 0.25) is 0 Å². The molecule has 6 nitrogen and oxygen atoms in total. The minimum atomic E-state index is -0.0494. The van der Waals surface area contributed by atoms with Gasteiger partial charge < -0.3 is 14.5 Å². The molecule has 160 valence electrons. The second-order valence-electron chi connectivity index (χ2n) is 8.09. The number of urea groups is 1. The van der Waals surface area contributed by atoms with E-state index in [9.17, 15) is 4.79 Å². The van der Waals surface area contributed by atoms with Gasteiger partial charge in [0.1, 0.15) is 5.69 Å². The molecular formula is C24H32N4O2. The molecule has 0 saturated carbocycles. The first-order valence-electron chi connectivity index (χ1n) is 10.3. The molecular weight excluding hydrogens is 376 g/mol. The van der Waals surface area contributed by atoms with Gasteiger partial charge in [0.05, 0.1) is 7.11 Å². The molecule has 0 unspecified atom stereocenters. The van der Waals surface area contributed by atoms with Crippen LogP contribution in [0.5, 0.6) is 5.88 Å². The molecule has 0 bridgehead atoms. The molecule has 0 spiro atoms. The molecule has 2 heterocycles. The van der Waals surface area contributed by atoms with Crippen molar-refractivity contribution in [3.8, 4) is 5.88 Å². The number of methoxy groups -OCH3 is 1. The van der Waals surface area contributed by atoms with E-state index >= 15 is 0 Å². The SMILES string of the molecule is C=C(C)c1cc(N(C)C(=O)N2CCN(c3cc(C)cc(C)c3)CC2)c(OC)nc1C. The molecule has 1 saturated heterocycles. The van der Waals surface area contributed by atoms with Crippen molar-refractivity contribution in [3.63, 3.8) is 0 Å². The van der Waals surface area contributed by atoms with E-state index < -0.39 is 0 Å². The van der Waals surface area contributed by atoms with E-state index in [0.717, 1.165) is 29.9 Å². The van der Waals surface area contributed by atoms with Crippen LogP contribution in [-0.4, -0.2) is 56.3 Å². The molecule has 0 aliphatic carbocycles. The second-order valence-corrected chi connectivity index (χ2v) is 8.09. The summed E-state index contributed by atoms with van der Waals surface area (Å²) in [5, 5.41) is 0. The van der Waals surface area contributed by atoms with Gasteiger partial charge in [0.25, 0.3) is 0 Å². The van der Waals surface area contributed by atoms with Crippen molar-refractivity contribution in [1.29, 1.82) is 0 Å². The van der Waals surface area contributed by atoms with Crippen molar-refractivity contribution in [2.24, 2.45) is 0 Å². The Morgan fingerprint density at radius 3 is 2.20 bits per heavy atom. The number of rotatable bonds is 4. The van der Waals surface area contributed by atoms with Gasteiger partial charge in [-0.3, -0.25) is 4.90 Å². The predicted molar refractivity (Wildman–Crippen MR) is 124 cm³/mol. The monoisotopic (exact) mass is 408 g/mol. The predicted octanol–water partition coefficient (Wildman–Crippen LogP) is 4.43. The number of nitrogens with zero attached hydrogens (tertiary/aromatic N) is 4. The lowest BCUT2D eigenvalue weighted by atomic mass is 10.1.